The topological polar surface area (TPSA) is 55.4 Å². The molecular weight excluding hydrogens is 406 g/mol. The first kappa shape index (κ1) is 21.0. The third-order valence-corrected chi connectivity index (χ3v) is 5.44. The summed E-state index contributed by atoms with van der Waals surface area (Å²) >= 11 is 7.66. The first-order chi connectivity index (χ1) is 14.1. The fourth-order valence-corrected chi connectivity index (χ4v) is 3.73. The molecule has 0 atom stereocenters. The number of carbonyl (C=O) groups excluding carboxylic acids is 2. The maximum atomic E-state index is 12.8. The van der Waals surface area contributed by atoms with E-state index in [1.165, 1.54) is 0 Å². The van der Waals surface area contributed by atoms with Crippen LogP contribution in [0.3, 0.4) is 0 Å². The molecule has 3 aromatic rings. The Kier molecular flexibility index (Phi) is 7.33. The lowest BCUT2D eigenvalue weighted by Crippen LogP contribution is -2.15. The summed E-state index contributed by atoms with van der Waals surface area (Å²) in [6.07, 6.45) is 0.318. The molecule has 0 bridgehead atoms. The highest BCUT2D eigenvalue weighted by atomic mass is 35.5. The van der Waals surface area contributed by atoms with Crippen LogP contribution in [0.15, 0.2) is 77.7 Å². The molecule has 6 heteroatoms. The summed E-state index contributed by atoms with van der Waals surface area (Å²) in [4.78, 5) is 26.3. The summed E-state index contributed by atoms with van der Waals surface area (Å²) < 4.78 is 5.14. The van der Waals surface area contributed by atoms with Crippen LogP contribution in [0.4, 0.5) is 5.69 Å². The minimum Gasteiger partial charge on any atom is -0.497 e. The van der Waals surface area contributed by atoms with Crippen molar-refractivity contribution in [1.82, 2.24) is 0 Å². The van der Waals surface area contributed by atoms with E-state index < -0.39 is 0 Å². The third kappa shape index (κ3) is 5.86. The molecule has 3 rings (SSSR count). The van der Waals surface area contributed by atoms with E-state index in [0.29, 0.717) is 34.0 Å². The summed E-state index contributed by atoms with van der Waals surface area (Å²) in [5.74, 6) is 1.07. The van der Waals surface area contributed by atoms with E-state index in [1.54, 1.807) is 61.3 Å². The van der Waals surface area contributed by atoms with Gasteiger partial charge in [-0.3, -0.25) is 9.59 Å². The van der Waals surface area contributed by atoms with Crippen molar-refractivity contribution in [2.24, 2.45) is 0 Å². The minimum absolute atomic E-state index is 0.157. The molecule has 1 N–H and O–H groups in total. The van der Waals surface area contributed by atoms with Crippen molar-refractivity contribution >= 4 is 40.7 Å². The molecule has 0 aromatic heterocycles. The molecule has 1 amide bonds. The third-order valence-electron chi connectivity index (χ3n) is 4.19. The predicted molar refractivity (Wildman–Crippen MR) is 118 cm³/mol. The second kappa shape index (κ2) is 10.1. The highest BCUT2D eigenvalue weighted by Gasteiger charge is 2.16. The van der Waals surface area contributed by atoms with Gasteiger partial charge in [0.1, 0.15) is 5.75 Å². The van der Waals surface area contributed by atoms with Gasteiger partial charge in [0, 0.05) is 33.2 Å². The number of benzene rings is 3. The number of carbonyl (C=O) groups is 2. The number of hydrogen-bond acceptors (Lipinski definition) is 4. The molecule has 0 heterocycles. The fourth-order valence-electron chi connectivity index (χ4n) is 2.70. The molecule has 0 radical (unpaired) electrons. The van der Waals surface area contributed by atoms with Crippen molar-refractivity contribution in [2.45, 2.75) is 11.3 Å². The Morgan fingerprint density at radius 1 is 1.00 bits per heavy atom. The number of halogens is 1. The van der Waals surface area contributed by atoms with Gasteiger partial charge in [-0.15, -0.1) is 11.8 Å². The van der Waals surface area contributed by atoms with E-state index in [1.807, 2.05) is 30.3 Å². The molecule has 29 heavy (non-hydrogen) atoms. The van der Waals surface area contributed by atoms with Crippen molar-refractivity contribution in [3.8, 4) is 5.75 Å². The van der Waals surface area contributed by atoms with Crippen LogP contribution in [0, 0.1) is 0 Å². The van der Waals surface area contributed by atoms with Crippen LogP contribution >= 0.6 is 23.4 Å². The van der Waals surface area contributed by atoms with Gasteiger partial charge in [-0.2, -0.15) is 0 Å². The van der Waals surface area contributed by atoms with Crippen LogP contribution in [-0.4, -0.2) is 24.6 Å². The summed E-state index contributed by atoms with van der Waals surface area (Å²) in [5.41, 5.74) is 1.38. The molecule has 0 aliphatic rings. The van der Waals surface area contributed by atoms with Crippen molar-refractivity contribution in [3.05, 3.63) is 88.9 Å². The first-order valence-corrected chi connectivity index (χ1v) is 10.4. The van der Waals surface area contributed by atoms with Crippen molar-refractivity contribution in [2.75, 3.05) is 18.2 Å². The van der Waals surface area contributed by atoms with Crippen molar-refractivity contribution < 1.29 is 14.3 Å². The standard InChI is InChI=1S/C23H20ClNO3S/c1-28-18-8-10-19(11-9-18)29-14-13-22(26)25-21-12-7-17(24)15-20(21)23(27)16-5-3-2-4-6-16/h2-12,15H,13-14H2,1H3,(H,25,26). The van der Waals surface area contributed by atoms with Crippen LogP contribution in [0.25, 0.3) is 0 Å². The maximum absolute atomic E-state index is 12.8. The van der Waals surface area contributed by atoms with Gasteiger partial charge in [0.05, 0.1) is 12.8 Å². The lowest BCUT2D eigenvalue weighted by Gasteiger charge is -2.11. The summed E-state index contributed by atoms with van der Waals surface area (Å²) in [6, 6.07) is 21.5. The number of hydrogen-bond donors (Lipinski definition) is 1. The molecule has 0 saturated carbocycles. The van der Waals surface area contributed by atoms with Gasteiger partial charge < -0.3 is 10.1 Å². The van der Waals surface area contributed by atoms with E-state index in [0.717, 1.165) is 10.6 Å². The van der Waals surface area contributed by atoms with E-state index in [4.69, 9.17) is 16.3 Å². The van der Waals surface area contributed by atoms with Crippen LogP contribution in [0.2, 0.25) is 5.02 Å². The van der Waals surface area contributed by atoms with E-state index in [2.05, 4.69) is 5.32 Å². The van der Waals surface area contributed by atoms with Crippen molar-refractivity contribution in [1.29, 1.82) is 0 Å². The number of ketones is 1. The molecule has 3 aromatic carbocycles. The van der Waals surface area contributed by atoms with E-state index >= 15 is 0 Å². The number of thioether (sulfide) groups is 1. The zero-order valence-corrected chi connectivity index (χ0v) is 17.4. The maximum Gasteiger partial charge on any atom is 0.225 e. The van der Waals surface area contributed by atoms with E-state index in [9.17, 15) is 9.59 Å². The Balaban J connectivity index is 1.63. The lowest BCUT2D eigenvalue weighted by molar-refractivity contribution is -0.115. The first-order valence-electron chi connectivity index (χ1n) is 9.03. The largest absolute Gasteiger partial charge is 0.497 e. The lowest BCUT2D eigenvalue weighted by atomic mass is 10.0. The highest BCUT2D eigenvalue weighted by Crippen LogP contribution is 2.25. The Morgan fingerprint density at radius 2 is 1.72 bits per heavy atom. The van der Waals surface area contributed by atoms with Gasteiger partial charge in [0.2, 0.25) is 5.91 Å². The second-order valence-electron chi connectivity index (χ2n) is 6.21. The quantitative estimate of drug-likeness (QED) is 0.371. The molecule has 4 nitrogen and oxygen atoms in total. The Labute approximate surface area is 179 Å². The van der Waals surface area contributed by atoms with Crippen LogP contribution in [0.5, 0.6) is 5.75 Å². The monoisotopic (exact) mass is 425 g/mol. The number of methoxy groups -OCH3 is 1. The van der Waals surface area contributed by atoms with Gasteiger partial charge in [-0.25, -0.2) is 0 Å². The zero-order valence-electron chi connectivity index (χ0n) is 15.9. The Bertz CT molecular complexity index is 991. The summed E-state index contributed by atoms with van der Waals surface area (Å²) in [7, 11) is 1.63. The number of rotatable bonds is 8. The summed E-state index contributed by atoms with van der Waals surface area (Å²) in [6.45, 7) is 0. The van der Waals surface area contributed by atoms with Gasteiger partial charge in [-0.05, 0) is 42.5 Å². The van der Waals surface area contributed by atoms with Crippen LogP contribution in [0.1, 0.15) is 22.3 Å². The Morgan fingerprint density at radius 3 is 2.41 bits per heavy atom. The molecular formula is C23H20ClNO3S. The zero-order chi connectivity index (χ0) is 20.6. The number of amides is 1. The summed E-state index contributed by atoms with van der Waals surface area (Å²) in [5, 5.41) is 3.28. The number of ether oxygens (including phenoxy) is 1. The SMILES string of the molecule is COc1ccc(SCCC(=O)Nc2ccc(Cl)cc2C(=O)c2ccccc2)cc1. The number of anilines is 1. The average Bonchev–Trinajstić information content (AvgIpc) is 2.75. The molecule has 0 saturated heterocycles. The minimum atomic E-state index is -0.184. The van der Waals surface area contributed by atoms with Gasteiger partial charge >= 0.3 is 0 Å². The second-order valence-corrected chi connectivity index (χ2v) is 7.81. The van der Waals surface area contributed by atoms with Crippen LogP contribution < -0.4 is 10.1 Å². The van der Waals surface area contributed by atoms with Gasteiger partial charge in [-0.1, -0.05) is 41.9 Å². The van der Waals surface area contributed by atoms with Crippen LogP contribution in [-0.2, 0) is 4.79 Å². The number of nitrogens with one attached hydrogen (secondary N) is 1. The molecule has 148 valence electrons. The molecule has 0 aliphatic carbocycles. The molecule has 0 unspecified atom stereocenters. The molecule has 0 aliphatic heterocycles. The molecule has 0 spiro atoms. The molecule has 0 fully saturated rings. The average molecular weight is 426 g/mol. The van der Waals surface area contributed by atoms with E-state index in [-0.39, 0.29) is 11.7 Å². The Hall–Kier alpha value is -2.76. The fraction of sp³-hybridized carbons (Fsp3) is 0.130. The van der Waals surface area contributed by atoms with Gasteiger partial charge in [0.15, 0.2) is 5.78 Å². The van der Waals surface area contributed by atoms with Gasteiger partial charge in [0.25, 0.3) is 0 Å². The highest BCUT2D eigenvalue weighted by molar-refractivity contribution is 7.99. The predicted octanol–water partition coefficient (Wildman–Crippen LogP) is 5.70. The van der Waals surface area contributed by atoms with Crippen molar-refractivity contribution in [3.63, 3.8) is 0 Å². The normalized spacial score (nSPS) is 10.4. The smallest absolute Gasteiger partial charge is 0.225 e.